The molecular weight excluding hydrogens is 462 g/mol. The van der Waals surface area contributed by atoms with Crippen LogP contribution in [0.5, 0.6) is 0 Å². The number of rotatable bonds is 8. The number of hydrogen-bond donors (Lipinski definition) is 1. The third-order valence-corrected chi connectivity index (χ3v) is 6.60. The van der Waals surface area contributed by atoms with Gasteiger partial charge in [-0.2, -0.15) is 0 Å². The molecule has 0 amide bonds. The normalized spacial score (nSPS) is 13.9. The van der Waals surface area contributed by atoms with Crippen LogP contribution in [0.1, 0.15) is 27.0 Å². The van der Waals surface area contributed by atoms with Crippen molar-refractivity contribution in [2.24, 2.45) is 5.73 Å². The third kappa shape index (κ3) is 6.39. The lowest BCUT2D eigenvalue weighted by Gasteiger charge is -2.34. The average molecular weight is 494 g/mol. The first-order valence-corrected chi connectivity index (χ1v) is 12.6. The summed E-state index contributed by atoms with van der Waals surface area (Å²) in [5.41, 5.74) is 11.6. The molecule has 1 saturated heterocycles. The van der Waals surface area contributed by atoms with E-state index in [1.165, 1.54) is 5.56 Å². The molecule has 0 unspecified atom stereocenters. The van der Waals surface area contributed by atoms with Gasteiger partial charge < -0.3 is 15.4 Å². The molecule has 1 aliphatic heterocycles. The minimum atomic E-state index is -0.304. The van der Waals surface area contributed by atoms with Crippen molar-refractivity contribution in [3.8, 4) is 11.1 Å². The van der Waals surface area contributed by atoms with E-state index in [2.05, 4.69) is 31.9 Å². The molecule has 1 fully saturated rings. The number of aromatic nitrogens is 2. The Morgan fingerprint density at radius 2 is 1.49 bits per heavy atom. The topological polar surface area (TPSA) is 84.6 Å². The molecule has 4 aromatic rings. The van der Waals surface area contributed by atoms with Gasteiger partial charge in [0.25, 0.3) is 0 Å². The molecule has 0 radical (unpaired) electrons. The summed E-state index contributed by atoms with van der Waals surface area (Å²) >= 11 is 0. The molecule has 3 aromatic carbocycles. The summed E-state index contributed by atoms with van der Waals surface area (Å²) in [5.74, 6) is 0.457. The molecule has 0 atom stereocenters. The molecule has 0 bridgehead atoms. The molecule has 0 spiro atoms. The highest BCUT2D eigenvalue weighted by Gasteiger charge is 2.19. The molecule has 188 valence electrons. The molecule has 5 rings (SSSR count). The number of anilines is 1. The van der Waals surface area contributed by atoms with Crippen molar-refractivity contribution >= 4 is 11.9 Å². The standard InChI is InChI=1S/C30H31N5O2/c31-18-25-7-4-8-27(17-25)28-19-32-30(33-20-28)35-15-13-34(14-16-35)21-23-9-11-26(12-10-23)29(36)37-22-24-5-2-1-3-6-24/h1-12,17,19-20H,13-16,18,21-22,31H2. The first-order valence-electron chi connectivity index (χ1n) is 12.6. The van der Waals surface area contributed by atoms with Gasteiger partial charge in [-0.1, -0.05) is 60.7 Å². The maximum absolute atomic E-state index is 12.4. The lowest BCUT2D eigenvalue weighted by Crippen LogP contribution is -2.46. The van der Waals surface area contributed by atoms with Gasteiger partial charge in [-0.15, -0.1) is 0 Å². The van der Waals surface area contributed by atoms with E-state index in [1.54, 1.807) is 0 Å². The zero-order valence-electron chi connectivity index (χ0n) is 20.8. The predicted molar refractivity (Wildman–Crippen MR) is 145 cm³/mol. The van der Waals surface area contributed by atoms with Crippen molar-refractivity contribution in [2.45, 2.75) is 19.7 Å². The highest BCUT2D eigenvalue weighted by atomic mass is 16.5. The van der Waals surface area contributed by atoms with E-state index in [0.717, 1.165) is 60.9 Å². The van der Waals surface area contributed by atoms with Crippen LogP contribution in [0, 0.1) is 0 Å². The molecule has 37 heavy (non-hydrogen) atoms. The van der Waals surface area contributed by atoms with Crippen molar-refractivity contribution in [3.63, 3.8) is 0 Å². The van der Waals surface area contributed by atoms with Crippen LogP contribution in [-0.4, -0.2) is 47.0 Å². The number of nitrogens with two attached hydrogens (primary N) is 1. The Balaban J connectivity index is 1.10. The number of ether oxygens (including phenoxy) is 1. The van der Waals surface area contributed by atoms with Gasteiger partial charge in [0.2, 0.25) is 5.95 Å². The summed E-state index contributed by atoms with van der Waals surface area (Å²) in [6.45, 7) is 5.21. The second-order valence-electron chi connectivity index (χ2n) is 9.20. The summed E-state index contributed by atoms with van der Waals surface area (Å²) in [4.78, 5) is 26.2. The third-order valence-electron chi connectivity index (χ3n) is 6.60. The van der Waals surface area contributed by atoms with Gasteiger partial charge in [0, 0.05) is 57.2 Å². The maximum Gasteiger partial charge on any atom is 0.338 e. The first-order chi connectivity index (χ1) is 18.2. The Morgan fingerprint density at radius 3 is 2.19 bits per heavy atom. The molecule has 1 aromatic heterocycles. The lowest BCUT2D eigenvalue weighted by atomic mass is 10.1. The summed E-state index contributed by atoms with van der Waals surface area (Å²) < 4.78 is 5.43. The van der Waals surface area contributed by atoms with Crippen LogP contribution >= 0.6 is 0 Å². The van der Waals surface area contributed by atoms with E-state index in [0.29, 0.717) is 12.1 Å². The SMILES string of the molecule is NCc1cccc(-c2cnc(N3CCN(Cc4ccc(C(=O)OCc5ccccc5)cc4)CC3)nc2)c1. The van der Waals surface area contributed by atoms with E-state index in [1.807, 2.05) is 79.1 Å². The number of carbonyl (C=O) groups is 1. The second kappa shape index (κ2) is 11.8. The van der Waals surface area contributed by atoms with Crippen LogP contribution in [0.25, 0.3) is 11.1 Å². The minimum Gasteiger partial charge on any atom is -0.457 e. The van der Waals surface area contributed by atoms with Crippen molar-refractivity contribution < 1.29 is 9.53 Å². The van der Waals surface area contributed by atoms with E-state index >= 15 is 0 Å². The van der Waals surface area contributed by atoms with Gasteiger partial charge in [-0.05, 0) is 40.5 Å². The quantitative estimate of drug-likeness (QED) is 0.367. The number of benzene rings is 3. The predicted octanol–water partition coefficient (Wildman–Crippen LogP) is 4.28. The van der Waals surface area contributed by atoms with Crippen LogP contribution in [0.2, 0.25) is 0 Å². The molecule has 7 heteroatoms. The Hall–Kier alpha value is -4.07. The van der Waals surface area contributed by atoms with Crippen LogP contribution in [0.3, 0.4) is 0 Å². The van der Waals surface area contributed by atoms with Crippen molar-refractivity contribution in [1.29, 1.82) is 0 Å². The molecular formula is C30H31N5O2. The van der Waals surface area contributed by atoms with E-state index < -0.39 is 0 Å². The van der Waals surface area contributed by atoms with Crippen LogP contribution in [0.4, 0.5) is 5.95 Å². The van der Waals surface area contributed by atoms with Crippen molar-refractivity contribution in [1.82, 2.24) is 14.9 Å². The zero-order valence-corrected chi connectivity index (χ0v) is 20.8. The van der Waals surface area contributed by atoms with E-state index in [-0.39, 0.29) is 12.6 Å². The number of esters is 1. The van der Waals surface area contributed by atoms with Crippen LogP contribution in [0.15, 0.2) is 91.3 Å². The number of nitrogens with zero attached hydrogens (tertiary/aromatic N) is 4. The van der Waals surface area contributed by atoms with Gasteiger partial charge in [0.1, 0.15) is 6.61 Å². The highest BCUT2D eigenvalue weighted by molar-refractivity contribution is 5.89. The molecule has 0 aliphatic carbocycles. The number of hydrogen-bond acceptors (Lipinski definition) is 7. The van der Waals surface area contributed by atoms with Crippen molar-refractivity contribution in [3.05, 3.63) is 114 Å². The fourth-order valence-corrected chi connectivity index (χ4v) is 4.43. The van der Waals surface area contributed by atoms with Gasteiger partial charge in [0.15, 0.2) is 0 Å². The van der Waals surface area contributed by atoms with E-state index in [9.17, 15) is 4.79 Å². The Bertz CT molecular complexity index is 1300. The fraction of sp³-hybridized carbons (Fsp3) is 0.233. The fourth-order valence-electron chi connectivity index (χ4n) is 4.43. The minimum absolute atomic E-state index is 0.277. The summed E-state index contributed by atoms with van der Waals surface area (Å²) in [6.07, 6.45) is 3.77. The molecule has 2 heterocycles. The Kier molecular flexibility index (Phi) is 7.84. The first kappa shape index (κ1) is 24.6. The number of carbonyl (C=O) groups excluding carboxylic acids is 1. The second-order valence-corrected chi connectivity index (χ2v) is 9.20. The van der Waals surface area contributed by atoms with Gasteiger partial charge >= 0.3 is 5.97 Å². The summed E-state index contributed by atoms with van der Waals surface area (Å²) in [6, 6.07) is 25.6. The summed E-state index contributed by atoms with van der Waals surface area (Å²) in [7, 11) is 0. The van der Waals surface area contributed by atoms with Crippen LogP contribution < -0.4 is 10.6 Å². The molecule has 0 saturated carbocycles. The van der Waals surface area contributed by atoms with Gasteiger partial charge in [-0.25, -0.2) is 14.8 Å². The Labute approximate surface area is 217 Å². The monoisotopic (exact) mass is 493 g/mol. The zero-order chi connectivity index (χ0) is 25.5. The Morgan fingerprint density at radius 1 is 0.784 bits per heavy atom. The van der Waals surface area contributed by atoms with Gasteiger partial charge in [-0.3, -0.25) is 4.90 Å². The highest BCUT2D eigenvalue weighted by Crippen LogP contribution is 2.21. The van der Waals surface area contributed by atoms with Crippen molar-refractivity contribution in [2.75, 3.05) is 31.1 Å². The molecule has 1 aliphatic rings. The van der Waals surface area contributed by atoms with Crippen LogP contribution in [-0.2, 0) is 24.4 Å². The largest absolute Gasteiger partial charge is 0.457 e. The molecule has 2 N–H and O–H groups in total. The number of piperazine rings is 1. The smallest absolute Gasteiger partial charge is 0.338 e. The summed E-state index contributed by atoms with van der Waals surface area (Å²) in [5, 5.41) is 0. The van der Waals surface area contributed by atoms with Gasteiger partial charge in [0.05, 0.1) is 5.56 Å². The van der Waals surface area contributed by atoms with E-state index in [4.69, 9.17) is 10.5 Å². The lowest BCUT2D eigenvalue weighted by molar-refractivity contribution is 0.0472. The average Bonchev–Trinajstić information content (AvgIpc) is 2.97. The molecule has 7 nitrogen and oxygen atoms in total. The maximum atomic E-state index is 12.4.